The number of ether oxygens (including phenoxy) is 1. The maximum atomic E-state index is 12.9. The van der Waals surface area contributed by atoms with Gasteiger partial charge in [-0.15, -0.1) is 0 Å². The maximum absolute atomic E-state index is 12.9. The van der Waals surface area contributed by atoms with Crippen LogP contribution in [0, 0.1) is 10.1 Å². The molecule has 24 heavy (non-hydrogen) atoms. The van der Waals surface area contributed by atoms with Gasteiger partial charge in [0.1, 0.15) is 11.3 Å². The number of urea groups is 1. The van der Waals surface area contributed by atoms with E-state index in [9.17, 15) is 32.9 Å². The Hall–Kier alpha value is -2.85. The summed E-state index contributed by atoms with van der Waals surface area (Å²) in [5, 5.41) is 14.9. The minimum absolute atomic E-state index is 0.00484. The van der Waals surface area contributed by atoms with E-state index in [4.69, 9.17) is 4.74 Å². The Morgan fingerprint density at radius 1 is 1.33 bits per heavy atom. The van der Waals surface area contributed by atoms with Gasteiger partial charge in [-0.3, -0.25) is 20.2 Å². The quantitative estimate of drug-likeness (QED) is 0.625. The molecule has 3 amide bonds. The van der Waals surface area contributed by atoms with Crippen molar-refractivity contribution in [2.24, 2.45) is 0 Å². The number of nitro groups is 1. The molecular formula is C13H12F3N3O5. The molecule has 0 radical (unpaired) electrons. The van der Waals surface area contributed by atoms with E-state index in [1.54, 1.807) is 0 Å². The van der Waals surface area contributed by atoms with Gasteiger partial charge in [0.2, 0.25) is 0 Å². The minimum atomic E-state index is -4.90. The number of halogens is 3. The highest BCUT2D eigenvalue weighted by molar-refractivity contribution is 5.95. The van der Waals surface area contributed by atoms with Gasteiger partial charge in [-0.1, -0.05) is 0 Å². The molecule has 1 aliphatic carbocycles. The van der Waals surface area contributed by atoms with Crippen LogP contribution in [0.1, 0.15) is 18.4 Å². The van der Waals surface area contributed by atoms with Crippen LogP contribution in [-0.2, 0) is 11.0 Å². The Bertz CT molecular complexity index is 673. The van der Waals surface area contributed by atoms with E-state index >= 15 is 0 Å². The first-order valence-electron chi connectivity index (χ1n) is 6.75. The van der Waals surface area contributed by atoms with E-state index in [1.807, 2.05) is 5.32 Å². The molecule has 1 saturated carbocycles. The molecule has 0 aliphatic heterocycles. The van der Waals surface area contributed by atoms with Crippen molar-refractivity contribution in [1.82, 2.24) is 10.6 Å². The van der Waals surface area contributed by atoms with Gasteiger partial charge < -0.3 is 10.1 Å². The first-order valence-corrected chi connectivity index (χ1v) is 6.75. The zero-order valence-electron chi connectivity index (χ0n) is 12.1. The van der Waals surface area contributed by atoms with E-state index in [-0.39, 0.29) is 6.04 Å². The van der Waals surface area contributed by atoms with E-state index in [2.05, 4.69) is 5.32 Å². The minimum Gasteiger partial charge on any atom is -0.483 e. The Morgan fingerprint density at radius 2 is 2.00 bits per heavy atom. The number of nitrogens with one attached hydrogen (secondary N) is 2. The predicted octanol–water partition coefficient (Wildman–Crippen LogP) is 1.98. The van der Waals surface area contributed by atoms with Crippen molar-refractivity contribution in [2.45, 2.75) is 25.1 Å². The van der Waals surface area contributed by atoms with Crippen molar-refractivity contribution in [3.05, 3.63) is 33.9 Å². The normalized spacial score (nSPS) is 14.0. The molecule has 0 unspecified atom stereocenters. The van der Waals surface area contributed by atoms with Gasteiger partial charge in [0.05, 0.1) is 4.92 Å². The third kappa shape index (κ3) is 4.83. The summed E-state index contributed by atoms with van der Waals surface area (Å²) in [6.07, 6.45) is -3.30. The number of amides is 3. The second-order valence-electron chi connectivity index (χ2n) is 5.02. The number of non-ortho nitro benzene ring substituents is 1. The van der Waals surface area contributed by atoms with E-state index in [0.29, 0.717) is 6.07 Å². The van der Waals surface area contributed by atoms with E-state index in [0.717, 1.165) is 25.0 Å². The molecule has 2 N–H and O–H groups in total. The molecule has 1 fully saturated rings. The summed E-state index contributed by atoms with van der Waals surface area (Å²) in [5.41, 5.74) is -2.14. The third-order valence-corrected chi connectivity index (χ3v) is 3.00. The molecule has 0 atom stereocenters. The number of imide groups is 1. The fourth-order valence-corrected chi connectivity index (χ4v) is 1.73. The lowest BCUT2D eigenvalue weighted by atomic mass is 10.1. The Morgan fingerprint density at radius 3 is 2.54 bits per heavy atom. The molecule has 0 bridgehead atoms. The molecule has 1 aromatic rings. The van der Waals surface area contributed by atoms with Gasteiger partial charge in [-0.2, -0.15) is 13.2 Å². The lowest BCUT2D eigenvalue weighted by Crippen LogP contribution is -2.42. The summed E-state index contributed by atoms with van der Waals surface area (Å²) in [6, 6.07) is 1.13. The van der Waals surface area contributed by atoms with Crippen LogP contribution in [-0.4, -0.2) is 29.5 Å². The fraction of sp³-hybridized carbons (Fsp3) is 0.385. The SMILES string of the molecule is O=C(COc1ccc([N+](=O)[O-])cc1C(F)(F)F)NC(=O)NC1CC1. The number of hydrogen-bond acceptors (Lipinski definition) is 5. The molecule has 1 aliphatic rings. The number of carbonyl (C=O) groups excluding carboxylic acids is 2. The summed E-state index contributed by atoms with van der Waals surface area (Å²) in [7, 11) is 0. The van der Waals surface area contributed by atoms with Crippen molar-refractivity contribution in [1.29, 1.82) is 0 Å². The molecule has 1 aromatic carbocycles. The van der Waals surface area contributed by atoms with Gasteiger partial charge in [0.15, 0.2) is 6.61 Å². The second-order valence-corrected chi connectivity index (χ2v) is 5.02. The van der Waals surface area contributed by atoms with Gasteiger partial charge in [-0.05, 0) is 18.9 Å². The molecule has 0 aromatic heterocycles. The lowest BCUT2D eigenvalue weighted by Gasteiger charge is -2.13. The standard InChI is InChI=1S/C13H12F3N3O5/c14-13(15,16)9-5-8(19(22)23)3-4-10(9)24-6-11(20)18-12(21)17-7-1-2-7/h3-5,7H,1-2,6H2,(H2,17,18,20,21). The number of benzene rings is 1. The van der Waals surface area contributed by atoms with Crippen LogP contribution in [0.5, 0.6) is 5.75 Å². The van der Waals surface area contributed by atoms with Crippen molar-refractivity contribution < 1.29 is 32.4 Å². The van der Waals surface area contributed by atoms with E-state index in [1.165, 1.54) is 0 Å². The molecular weight excluding hydrogens is 335 g/mol. The van der Waals surface area contributed by atoms with Crippen molar-refractivity contribution in [2.75, 3.05) is 6.61 Å². The highest BCUT2D eigenvalue weighted by Gasteiger charge is 2.36. The van der Waals surface area contributed by atoms with Gasteiger partial charge in [0.25, 0.3) is 11.6 Å². The third-order valence-electron chi connectivity index (χ3n) is 3.00. The monoisotopic (exact) mass is 347 g/mol. The van der Waals surface area contributed by atoms with Crippen LogP contribution in [0.15, 0.2) is 18.2 Å². The van der Waals surface area contributed by atoms with Crippen LogP contribution < -0.4 is 15.4 Å². The van der Waals surface area contributed by atoms with E-state index < -0.39 is 46.6 Å². The average Bonchev–Trinajstić information content (AvgIpc) is 3.27. The Balaban J connectivity index is 2.01. The Kier molecular flexibility index (Phi) is 4.90. The lowest BCUT2D eigenvalue weighted by molar-refractivity contribution is -0.385. The zero-order valence-corrected chi connectivity index (χ0v) is 12.1. The first-order chi connectivity index (χ1) is 11.2. The number of alkyl halides is 3. The maximum Gasteiger partial charge on any atom is 0.420 e. The number of carbonyl (C=O) groups is 2. The number of rotatable bonds is 5. The molecule has 8 nitrogen and oxygen atoms in total. The number of hydrogen-bond donors (Lipinski definition) is 2. The Labute approximate surface area is 133 Å². The topological polar surface area (TPSA) is 111 Å². The van der Waals surface area contributed by atoms with Gasteiger partial charge >= 0.3 is 12.2 Å². The fourth-order valence-electron chi connectivity index (χ4n) is 1.73. The average molecular weight is 347 g/mol. The van der Waals surface area contributed by atoms with Crippen LogP contribution >= 0.6 is 0 Å². The van der Waals surface area contributed by atoms with Crippen LogP contribution in [0.4, 0.5) is 23.7 Å². The first kappa shape index (κ1) is 17.5. The summed E-state index contributed by atoms with van der Waals surface area (Å²) in [6.45, 7) is -0.848. The summed E-state index contributed by atoms with van der Waals surface area (Å²) < 4.78 is 43.5. The number of nitrogens with zero attached hydrogens (tertiary/aromatic N) is 1. The summed E-state index contributed by atoms with van der Waals surface area (Å²) >= 11 is 0. The van der Waals surface area contributed by atoms with Gasteiger partial charge in [0, 0.05) is 18.2 Å². The zero-order chi connectivity index (χ0) is 17.9. The predicted molar refractivity (Wildman–Crippen MR) is 73.3 cm³/mol. The highest BCUT2D eigenvalue weighted by atomic mass is 19.4. The van der Waals surface area contributed by atoms with Crippen LogP contribution in [0.25, 0.3) is 0 Å². The highest BCUT2D eigenvalue weighted by Crippen LogP contribution is 2.38. The largest absolute Gasteiger partial charge is 0.483 e. The molecule has 0 spiro atoms. The molecule has 0 heterocycles. The van der Waals surface area contributed by atoms with Crippen LogP contribution in [0.2, 0.25) is 0 Å². The molecule has 11 heteroatoms. The summed E-state index contributed by atoms with van der Waals surface area (Å²) in [5.74, 6) is -1.69. The molecule has 0 saturated heterocycles. The molecule has 2 rings (SSSR count). The number of nitro benzene ring substituents is 1. The summed E-state index contributed by atoms with van der Waals surface area (Å²) in [4.78, 5) is 32.4. The van der Waals surface area contributed by atoms with Crippen molar-refractivity contribution >= 4 is 17.6 Å². The smallest absolute Gasteiger partial charge is 0.420 e. The molecule has 130 valence electrons. The van der Waals surface area contributed by atoms with Crippen LogP contribution in [0.3, 0.4) is 0 Å². The van der Waals surface area contributed by atoms with Crippen molar-refractivity contribution in [3.63, 3.8) is 0 Å². The van der Waals surface area contributed by atoms with Gasteiger partial charge in [-0.25, -0.2) is 4.79 Å². The van der Waals surface area contributed by atoms with Crippen molar-refractivity contribution in [3.8, 4) is 5.75 Å². The second kappa shape index (κ2) is 6.72.